The lowest BCUT2D eigenvalue weighted by Crippen LogP contribution is -2.11. The van der Waals surface area contributed by atoms with Crippen molar-refractivity contribution in [1.82, 2.24) is 9.97 Å². The summed E-state index contributed by atoms with van der Waals surface area (Å²) in [5, 5.41) is 5.95. The number of nitrogens with zero attached hydrogens (tertiary/aromatic N) is 2. The highest BCUT2D eigenvalue weighted by Gasteiger charge is 2.10. The van der Waals surface area contributed by atoms with Gasteiger partial charge in [-0.15, -0.1) is 11.3 Å². The van der Waals surface area contributed by atoms with Gasteiger partial charge in [-0.05, 0) is 55.0 Å². The van der Waals surface area contributed by atoms with Gasteiger partial charge in [0.25, 0.3) is 5.91 Å². The molecule has 4 aromatic rings. The molecule has 168 valence electrons. The second-order valence-corrected chi connectivity index (χ2v) is 8.60. The van der Waals surface area contributed by atoms with E-state index in [2.05, 4.69) is 17.2 Å². The van der Waals surface area contributed by atoms with Crippen LogP contribution in [-0.2, 0) is 0 Å². The second kappa shape index (κ2) is 11.4. The van der Waals surface area contributed by atoms with E-state index in [-0.39, 0.29) is 5.91 Å². The molecule has 2 aromatic carbocycles. The average Bonchev–Trinajstić information content (AvgIpc) is 3.36. The zero-order valence-electron chi connectivity index (χ0n) is 18.7. The minimum atomic E-state index is -0.155. The largest absolute Gasteiger partial charge is 0.494 e. The van der Waals surface area contributed by atoms with Crippen molar-refractivity contribution in [3.05, 3.63) is 84.0 Å². The van der Waals surface area contributed by atoms with Crippen LogP contribution in [0.5, 0.6) is 5.75 Å². The molecule has 5 nitrogen and oxygen atoms in total. The van der Waals surface area contributed by atoms with E-state index in [0.29, 0.717) is 12.2 Å². The standard InChI is InChI=1S/C27H27N3O2S/c1-2-3-4-5-17-32-24-11-9-20(10-12-24)26(31)29-23-8-6-7-22(18-23)25-19-33-27(30-25)21-13-15-28-16-14-21/h6-16,18-19H,2-5,17H2,1H3,(H,29,31). The van der Waals surface area contributed by atoms with E-state index < -0.39 is 0 Å². The third-order valence-corrected chi connectivity index (χ3v) is 6.12. The molecule has 0 atom stereocenters. The molecule has 0 fully saturated rings. The SMILES string of the molecule is CCCCCCOc1ccc(C(=O)Nc2cccc(-c3csc(-c4ccncc4)n3)c2)cc1. The first-order chi connectivity index (χ1) is 16.2. The highest BCUT2D eigenvalue weighted by molar-refractivity contribution is 7.13. The summed E-state index contributed by atoms with van der Waals surface area (Å²) in [7, 11) is 0. The van der Waals surface area contributed by atoms with E-state index in [1.54, 1.807) is 35.9 Å². The van der Waals surface area contributed by atoms with E-state index in [9.17, 15) is 4.79 Å². The number of carbonyl (C=O) groups excluding carboxylic acids is 1. The fourth-order valence-electron chi connectivity index (χ4n) is 3.41. The number of thiazole rings is 1. The van der Waals surface area contributed by atoms with Gasteiger partial charge in [0.1, 0.15) is 10.8 Å². The molecule has 0 bridgehead atoms. The van der Waals surface area contributed by atoms with Crippen LogP contribution >= 0.6 is 11.3 Å². The third-order valence-electron chi connectivity index (χ3n) is 5.23. The van der Waals surface area contributed by atoms with Crippen LogP contribution in [0.25, 0.3) is 21.8 Å². The fraction of sp³-hybridized carbons (Fsp3) is 0.222. The van der Waals surface area contributed by atoms with Gasteiger partial charge in [-0.1, -0.05) is 38.3 Å². The lowest BCUT2D eigenvalue weighted by atomic mass is 10.1. The summed E-state index contributed by atoms with van der Waals surface area (Å²) >= 11 is 1.59. The number of amides is 1. The van der Waals surface area contributed by atoms with Gasteiger partial charge in [-0.2, -0.15) is 0 Å². The van der Waals surface area contributed by atoms with E-state index >= 15 is 0 Å². The van der Waals surface area contributed by atoms with Gasteiger partial charge in [0.15, 0.2) is 0 Å². The summed E-state index contributed by atoms with van der Waals surface area (Å²) in [5.74, 6) is 0.635. The molecule has 0 spiro atoms. The average molecular weight is 458 g/mol. The van der Waals surface area contributed by atoms with Crippen molar-refractivity contribution < 1.29 is 9.53 Å². The number of unbranched alkanes of at least 4 members (excludes halogenated alkanes) is 3. The van der Waals surface area contributed by atoms with Gasteiger partial charge in [0, 0.05) is 40.2 Å². The van der Waals surface area contributed by atoms with Crippen molar-refractivity contribution in [3.8, 4) is 27.6 Å². The number of hydrogen-bond acceptors (Lipinski definition) is 5. The number of benzene rings is 2. The molecule has 33 heavy (non-hydrogen) atoms. The van der Waals surface area contributed by atoms with Crippen molar-refractivity contribution in [2.24, 2.45) is 0 Å². The van der Waals surface area contributed by atoms with Crippen molar-refractivity contribution in [1.29, 1.82) is 0 Å². The normalized spacial score (nSPS) is 10.7. The molecule has 0 saturated heterocycles. The molecule has 1 amide bonds. The van der Waals surface area contributed by atoms with E-state index in [1.165, 1.54) is 19.3 Å². The number of aromatic nitrogens is 2. The Hall–Kier alpha value is -3.51. The molecule has 0 unspecified atom stereocenters. The van der Waals surface area contributed by atoms with Gasteiger partial charge >= 0.3 is 0 Å². The first-order valence-corrected chi connectivity index (χ1v) is 12.1. The molecule has 1 N–H and O–H groups in total. The molecule has 0 saturated carbocycles. The molecule has 0 aliphatic heterocycles. The fourth-order valence-corrected chi connectivity index (χ4v) is 4.25. The molecule has 0 aliphatic carbocycles. The summed E-state index contributed by atoms with van der Waals surface area (Å²) < 4.78 is 5.76. The molecular weight excluding hydrogens is 430 g/mol. The van der Waals surface area contributed by atoms with Gasteiger partial charge in [-0.25, -0.2) is 4.98 Å². The summed E-state index contributed by atoms with van der Waals surface area (Å²) in [5.41, 5.74) is 4.19. The number of carbonyl (C=O) groups is 1. The molecule has 2 heterocycles. The maximum Gasteiger partial charge on any atom is 0.255 e. The Bertz CT molecular complexity index is 1170. The molecular formula is C27H27N3O2S. The van der Waals surface area contributed by atoms with Crippen molar-refractivity contribution in [3.63, 3.8) is 0 Å². The highest BCUT2D eigenvalue weighted by Crippen LogP contribution is 2.29. The number of anilines is 1. The zero-order chi connectivity index (χ0) is 22.9. The third kappa shape index (κ3) is 6.26. The number of rotatable bonds is 10. The first-order valence-electron chi connectivity index (χ1n) is 11.2. The van der Waals surface area contributed by atoms with E-state index in [4.69, 9.17) is 9.72 Å². The van der Waals surface area contributed by atoms with Crippen LogP contribution in [0.1, 0.15) is 43.0 Å². The predicted molar refractivity (Wildman–Crippen MR) is 135 cm³/mol. The summed E-state index contributed by atoms with van der Waals surface area (Å²) in [6, 6.07) is 18.9. The maximum absolute atomic E-state index is 12.7. The summed E-state index contributed by atoms with van der Waals surface area (Å²) in [6.07, 6.45) is 8.20. The number of hydrogen-bond donors (Lipinski definition) is 1. The minimum absolute atomic E-state index is 0.155. The van der Waals surface area contributed by atoms with E-state index in [1.807, 2.05) is 53.9 Å². The Balaban J connectivity index is 1.37. The molecule has 0 aliphatic rings. The van der Waals surface area contributed by atoms with Crippen LogP contribution in [0.15, 0.2) is 78.4 Å². The molecule has 4 rings (SSSR count). The predicted octanol–water partition coefficient (Wildman–Crippen LogP) is 7.08. The summed E-state index contributed by atoms with van der Waals surface area (Å²) in [6.45, 7) is 2.90. The van der Waals surface area contributed by atoms with Crippen LogP contribution in [0.2, 0.25) is 0 Å². The maximum atomic E-state index is 12.7. The van der Waals surface area contributed by atoms with Gasteiger partial charge in [0.05, 0.1) is 12.3 Å². The quantitative estimate of drug-likeness (QED) is 0.258. The monoisotopic (exact) mass is 457 g/mol. The van der Waals surface area contributed by atoms with Crippen molar-refractivity contribution in [2.75, 3.05) is 11.9 Å². The van der Waals surface area contributed by atoms with Crippen LogP contribution in [0, 0.1) is 0 Å². The zero-order valence-corrected chi connectivity index (χ0v) is 19.5. The molecule has 6 heteroatoms. The minimum Gasteiger partial charge on any atom is -0.494 e. The van der Waals surface area contributed by atoms with Crippen LogP contribution in [0.3, 0.4) is 0 Å². The smallest absolute Gasteiger partial charge is 0.255 e. The Kier molecular flexibility index (Phi) is 7.82. The second-order valence-electron chi connectivity index (χ2n) is 7.74. The molecule has 0 radical (unpaired) electrons. The van der Waals surface area contributed by atoms with Crippen molar-refractivity contribution in [2.45, 2.75) is 32.6 Å². The number of ether oxygens (including phenoxy) is 1. The number of nitrogens with one attached hydrogen (secondary N) is 1. The van der Waals surface area contributed by atoms with Crippen LogP contribution < -0.4 is 10.1 Å². The van der Waals surface area contributed by atoms with Crippen molar-refractivity contribution >= 4 is 22.9 Å². The number of pyridine rings is 1. The van der Waals surface area contributed by atoms with Crippen LogP contribution in [0.4, 0.5) is 5.69 Å². The molecule has 2 aromatic heterocycles. The first kappa shape index (κ1) is 22.7. The Labute approximate surface area is 198 Å². The summed E-state index contributed by atoms with van der Waals surface area (Å²) in [4.78, 5) is 21.5. The topological polar surface area (TPSA) is 64.1 Å². The Morgan fingerprint density at radius 3 is 2.58 bits per heavy atom. The van der Waals surface area contributed by atoms with Gasteiger partial charge < -0.3 is 10.1 Å². The lowest BCUT2D eigenvalue weighted by molar-refractivity contribution is 0.102. The Morgan fingerprint density at radius 1 is 0.970 bits per heavy atom. The lowest BCUT2D eigenvalue weighted by Gasteiger charge is -2.09. The Morgan fingerprint density at radius 2 is 1.79 bits per heavy atom. The van der Waals surface area contributed by atoms with Gasteiger partial charge in [0.2, 0.25) is 0 Å². The van der Waals surface area contributed by atoms with Gasteiger partial charge in [-0.3, -0.25) is 9.78 Å². The van der Waals surface area contributed by atoms with E-state index in [0.717, 1.165) is 39.7 Å². The van der Waals surface area contributed by atoms with Crippen LogP contribution in [-0.4, -0.2) is 22.5 Å². The highest BCUT2D eigenvalue weighted by atomic mass is 32.1.